The number of fused-ring (bicyclic) bond motifs is 3. The Morgan fingerprint density at radius 2 is 1.69 bits per heavy atom. The first-order chi connectivity index (χ1) is 28.0. The molecule has 300 valence electrons. The van der Waals surface area contributed by atoms with E-state index in [-0.39, 0.29) is 42.4 Å². The average Bonchev–Trinajstić information content (AvgIpc) is 3.86. The van der Waals surface area contributed by atoms with Crippen LogP contribution >= 0.6 is 0 Å². The van der Waals surface area contributed by atoms with Crippen LogP contribution in [0.2, 0.25) is 0 Å². The van der Waals surface area contributed by atoms with E-state index >= 15 is 0 Å². The normalized spacial score (nSPS) is 20.6. The standard InChI is InChI=1S/C42H45N9O7/c1-24(2)58-35-20-30-26(18-33(35)45-38(53)32-21-44-50-13-3-12-43-37(32)50)23-49(40(30)55)27-10-14-47(15-11-27)22-25-8-16-48(17-9-25)28-4-5-29-31(19-28)42(57)51(41(29)56)34-6-7-36(52)46-39(34)54/h3-5,12-13,18-21,24-25,27,34H,6-11,14-17,22-23H2,1-2H3,(H,45,53)(H,46,52,54). The van der Waals surface area contributed by atoms with Crippen molar-refractivity contribution in [2.45, 2.75) is 77.1 Å². The van der Waals surface area contributed by atoms with Gasteiger partial charge in [-0.05, 0) is 93.8 Å². The molecular formula is C42H45N9O7. The molecule has 0 aliphatic carbocycles. The van der Waals surface area contributed by atoms with Gasteiger partial charge in [0.05, 0.1) is 29.1 Å². The summed E-state index contributed by atoms with van der Waals surface area (Å²) < 4.78 is 7.64. The van der Waals surface area contributed by atoms with Crippen LogP contribution in [0.4, 0.5) is 11.4 Å². The fourth-order valence-corrected chi connectivity index (χ4v) is 9.09. The minimum Gasteiger partial charge on any atom is -0.489 e. The molecule has 2 aromatic heterocycles. The SMILES string of the molecule is CC(C)Oc1cc2c(cc1NC(=O)c1cnn3cccnc13)CN(C1CCN(CC3CCN(c4ccc5c(c4)C(=O)N(C4CCC(=O)NC4=O)C5=O)CC3)CC1)C2=O. The highest BCUT2D eigenvalue weighted by Gasteiger charge is 2.45. The predicted molar refractivity (Wildman–Crippen MR) is 211 cm³/mol. The summed E-state index contributed by atoms with van der Waals surface area (Å²) in [6, 6.07) is 9.80. The molecule has 1 unspecified atom stereocenters. The fraction of sp³-hybridized carbons (Fsp3) is 0.429. The Kier molecular flexibility index (Phi) is 9.66. The lowest BCUT2D eigenvalue weighted by molar-refractivity contribution is -0.136. The van der Waals surface area contributed by atoms with Gasteiger partial charge < -0.3 is 24.8 Å². The first-order valence-corrected chi connectivity index (χ1v) is 20.1. The maximum absolute atomic E-state index is 13.8. The van der Waals surface area contributed by atoms with Gasteiger partial charge in [-0.25, -0.2) is 9.50 Å². The second-order valence-corrected chi connectivity index (χ2v) is 16.1. The zero-order valence-corrected chi connectivity index (χ0v) is 32.5. The van der Waals surface area contributed by atoms with E-state index in [1.54, 1.807) is 41.2 Å². The lowest BCUT2D eigenvalue weighted by atomic mass is 9.94. The Labute approximate surface area is 334 Å². The lowest BCUT2D eigenvalue weighted by Crippen LogP contribution is -2.54. The van der Waals surface area contributed by atoms with Crippen LogP contribution in [-0.2, 0) is 16.1 Å². The third-order valence-corrected chi connectivity index (χ3v) is 12.1. The molecule has 58 heavy (non-hydrogen) atoms. The molecule has 0 spiro atoms. The predicted octanol–water partition coefficient (Wildman–Crippen LogP) is 3.51. The smallest absolute Gasteiger partial charge is 0.262 e. The second kappa shape index (κ2) is 15.0. The van der Waals surface area contributed by atoms with Gasteiger partial charge in [-0.3, -0.25) is 39.0 Å². The third kappa shape index (κ3) is 6.84. The van der Waals surface area contributed by atoms with E-state index in [0.29, 0.717) is 46.2 Å². The largest absolute Gasteiger partial charge is 0.489 e. The van der Waals surface area contributed by atoms with Gasteiger partial charge in [0.15, 0.2) is 5.65 Å². The number of benzene rings is 2. The Balaban J connectivity index is 0.785. The minimum absolute atomic E-state index is 0.0135. The molecular weight excluding hydrogens is 743 g/mol. The molecule has 0 saturated carbocycles. The second-order valence-electron chi connectivity index (χ2n) is 16.1. The molecule has 9 rings (SSSR count). The molecule has 7 heterocycles. The van der Waals surface area contributed by atoms with Gasteiger partial charge in [0, 0.05) is 75.4 Å². The van der Waals surface area contributed by atoms with E-state index in [1.807, 2.05) is 30.9 Å². The first-order valence-electron chi connectivity index (χ1n) is 20.1. The highest BCUT2D eigenvalue weighted by molar-refractivity contribution is 6.23. The fourth-order valence-electron chi connectivity index (χ4n) is 9.09. The quantitative estimate of drug-likeness (QED) is 0.237. The van der Waals surface area contributed by atoms with Crippen LogP contribution in [0.15, 0.2) is 55.0 Å². The van der Waals surface area contributed by atoms with Crippen molar-refractivity contribution in [2.24, 2.45) is 5.92 Å². The van der Waals surface area contributed by atoms with E-state index in [0.717, 1.165) is 74.6 Å². The van der Waals surface area contributed by atoms with Crippen molar-refractivity contribution >= 4 is 52.5 Å². The summed E-state index contributed by atoms with van der Waals surface area (Å²) >= 11 is 0. The number of ether oxygens (including phenoxy) is 1. The van der Waals surface area contributed by atoms with Crippen LogP contribution in [0.3, 0.4) is 0 Å². The van der Waals surface area contributed by atoms with Crippen LogP contribution in [0.25, 0.3) is 5.65 Å². The van der Waals surface area contributed by atoms with Gasteiger partial charge in [0.25, 0.3) is 23.6 Å². The Bertz CT molecular complexity index is 2360. The van der Waals surface area contributed by atoms with Gasteiger partial charge in [0.2, 0.25) is 11.8 Å². The van der Waals surface area contributed by atoms with E-state index in [1.165, 1.54) is 6.20 Å². The highest BCUT2D eigenvalue weighted by atomic mass is 16.5. The number of piperidine rings is 3. The number of amides is 6. The molecule has 0 bridgehead atoms. The Morgan fingerprint density at radius 3 is 2.45 bits per heavy atom. The molecule has 2 N–H and O–H groups in total. The van der Waals surface area contributed by atoms with Crippen molar-refractivity contribution in [1.29, 1.82) is 0 Å². The van der Waals surface area contributed by atoms with Gasteiger partial charge in [-0.2, -0.15) is 5.10 Å². The maximum atomic E-state index is 13.8. The van der Waals surface area contributed by atoms with E-state index in [9.17, 15) is 28.8 Å². The number of imide groups is 2. The summed E-state index contributed by atoms with van der Waals surface area (Å²) in [7, 11) is 0. The maximum Gasteiger partial charge on any atom is 0.262 e. The molecule has 5 aliphatic heterocycles. The van der Waals surface area contributed by atoms with Crippen LogP contribution in [0, 0.1) is 5.92 Å². The summed E-state index contributed by atoms with van der Waals surface area (Å²) in [5.74, 6) is -1.43. The first kappa shape index (κ1) is 37.4. The summed E-state index contributed by atoms with van der Waals surface area (Å²) in [4.78, 5) is 89.9. The summed E-state index contributed by atoms with van der Waals surface area (Å²) in [6.45, 7) is 8.69. The number of hydrogen-bond donors (Lipinski definition) is 2. The topological polar surface area (TPSA) is 179 Å². The number of rotatable bonds is 9. The van der Waals surface area contributed by atoms with Gasteiger partial charge in [-0.15, -0.1) is 0 Å². The number of nitrogens with zero attached hydrogens (tertiary/aromatic N) is 7. The van der Waals surface area contributed by atoms with Crippen molar-refractivity contribution < 1.29 is 33.5 Å². The monoisotopic (exact) mass is 787 g/mol. The number of likely N-dealkylation sites (tertiary alicyclic amines) is 1. The average molecular weight is 788 g/mol. The molecule has 5 aliphatic rings. The zero-order chi connectivity index (χ0) is 40.2. The molecule has 16 nitrogen and oxygen atoms in total. The van der Waals surface area contributed by atoms with Gasteiger partial charge in [0.1, 0.15) is 17.4 Å². The molecule has 3 saturated heterocycles. The van der Waals surface area contributed by atoms with Gasteiger partial charge in [-0.1, -0.05) is 0 Å². The summed E-state index contributed by atoms with van der Waals surface area (Å²) in [6.07, 6.45) is 8.58. The van der Waals surface area contributed by atoms with E-state index in [4.69, 9.17) is 4.74 Å². The molecule has 2 aromatic carbocycles. The molecule has 0 radical (unpaired) electrons. The van der Waals surface area contributed by atoms with Crippen molar-refractivity contribution in [1.82, 2.24) is 34.6 Å². The minimum atomic E-state index is -0.984. The Morgan fingerprint density at radius 1 is 0.914 bits per heavy atom. The van der Waals surface area contributed by atoms with E-state index < -0.39 is 29.7 Å². The van der Waals surface area contributed by atoms with Crippen molar-refractivity contribution in [3.63, 3.8) is 0 Å². The molecule has 1 atom stereocenters. The van der Waals surface area contributed by atoms with Gasteiger partial charge >= 0.3 is 0 Å². The number of nitrogens with one attached hydrogen (secondary N) is 2. The van der Waals surface area contributed by atoms with Crippen molar-refractivity contribution in [3.05, 3.63) is 82.8 Å². The molecule has 4 aromatic rings. The van der Waals surface area contributed by atoms with Crippen molar-refractivity contribution in [3.8, 4) is 5.75 Å². The van der Waals surface area contributed by atoms with Crippen LogP contribution < -0.4 is 20.3 Å². The van der Waals surface area contributed by atoms with E-state index in [2.05, 4.69) is 30.5 Å². The van der Waals surface area contributed by atoms with Crippen LogP contribution in [0.5, 0.6) is 5.75 Å². The molecule has 16 heteroatoms. The number of carbonyl (C=O) groups excluding carboxylic acids is 6. The third-order valence-electron chi connectivity index (χ3n) is 12.1. The van der Waals surface area contributed by atoms with Crippen LogP contribution in [0.1, 0.15) is 99.4 Å². The number of aromatic nitrogens is 3. The molecule has 6 amide bonds. The van der Waals surface area contributed by atoms with Crippen molar-refractivity contribution in [2.75, 3.05) is 42.9 Å². The number of hydrogen-bond acceptors (Lipinski definition) is 11. The number of anilines is 2. The summed E-state index contributed by atoms with van der Waals surface area (Å²) in [5.41, 5.74) is 4.20. The zero-order valence-electron chi connectivity index (χ0n) is 32.5. The highest BCUT2D eigenvalue weighted by Crippen LogP contribution is 2.37. The van der Waals surface area contributed by atoms with Crippen LogP contribution in [-0.4, -0.2) is 116 Å². The lowest BCUT2D eigenvalue weighted by Gasteiger charge is -2.40. The Hall–Kier alpha value is -6.16. The number of carbonyl (C=O) groups is 6. The summed E-state index contributed by atoms with van der Waals surface area (Å²) in [5, 5.41) is 9.47. The molecule has 3 fully saturated rings.